The van der Waals surface area contributed by atoms with E-state index < -0.39 is 0 Å². The zero-order valence-corrected chi connectivity index (χ0v) is 6.69. The summed E-state index contributed by atoms with van der Waals surface area (Å²) in [5.41, 5.74) is 0. The van der Waals surface area contributed by atoms with Crippen LogP contribution in [-0.4, -0.2) is 0 Å². The lowest BCUT2D eigenvalue weighted by atomic mass is 10.1. The summed E-state index contributed by atoms with van der Waals surface area (Å²) >= 11 is 0. The minimum absolute atomic E-state index is 1.07. The van der Waals surface area contributed by atoms with Crippen LogP contribution in [0.5, 0.6) is 0 Å². The Morgan fingerprint density at radius 3 is 2.44 bits per heavy atom. The highest BCUT2D eigenvalue weighted by molar-refractivity contribution is 4.81. The molecule has 0 bridgehead atoms. The Morgan fingerprint density at radius 2 is 2.00 bits per heavy atom. The maximum Gasteiger partial charge on any atom is -0.0386 e. The van der Waals surface area contributed by atoms with Crippen LogP contribution in [0.2, 0.25) is 0 Å². The van der Waals surface area contributed by atoms with Crippen molar-refractivity contribution in [3.8, 4) is 0 Å². The topological polar surface area (TPSA) is 0 Å². The molecule has 54 valence electrons. The summed E-state index contributed by atoms with van der Waals surface area (Å²) in [5.74, 6) is 2.19. The summed E-state index contributed by atoms with van der Waals surface area (Å²) in [5, 5.41) is 0. The van der Waals surface area contributed by atoms with Crippen LogP contribution in [0.15, 0.2) is 0 Å². The first-order valence-corrected chi connectivity index (χ1v) is 4.34. The molecule has 1 aliphatic rings. The standard InChI is InChI=1S/C9H18/c1-3-4-5-6-9-7-8(9)2/h8-9H,3-7H2,1-2H3/t8-,9-/m1/s1. The van der Waals surface area contributed by atoms with Gasteiger partial charge < -0.3 is 0 Å². The first-order chi connectivity index (χ1) is 4.34. The third-order valence-electron chi connectivity index (χ3n) is 2.45. The largest absolute Gasteiger partial charge is 0.0654 e. The van der Waals surface area contributed by atoms with Crippen LogP contribution in [-0.2, 0) is 0 Å². The van der Waals surface area contributed by atoms with Gasteiger partial charge in [0, 0.05) is 0 Å². The first kappa shape index (κ1) is 7.11. The van der Waals surface area contributed by atoms with Gasteiger partial charge in [-0.25, -0.2) is 0 Å². The minimum Gasteiger partial charge on any atom is -0.0654 e. The van der Waals surface area contributed by atoms with Gasteiger partial charge in [0.15, 0.2) is 0 Å². The van der Waals surface area contributed by atoms with Gasteiger partial charge in [-0.2, -0.15) is 0 Å². The lowest BCUT2D eigenvalue weighted by molar-refractivity contribution is 0.595. The van der Waals surface area contributed by atoms with Crippen LogP contribution in [0.4, 0.5) is 0 Å². The van der Waals surface area contributed by atoms with Gasteiger partial charge in [-0.15, -0.1) is 0 Å². The molecule has 0 nitrogen and oxygen atoms in total. The van der Waals surface area contributed by atoms with Crippen molar-refractivity contribution >= 4 is 0 Å². The second kappa shape index (κ2) is 3.24. The fraction of sp³-hybridized carbons (Fsp3) is 1.00. The van der Waals surface area contributed by atoms with Gasteiger partial charge in [0.2, 0.25) is 0 Å². The minimum atomic E-state index is 1.07. The van der Waals surface area contributed by atoms with Crippen LogP contribution in [0.3, 0.4) is 0 Å². The molecule has 2 atom stereocenters. The molecule has 0 radical (unpaired) electrons. The molecule has 1 aliphatic carbocycles. The van der Waals surface area contributed by atoms with E-state index in [-0.39, 0.29) is 0 Å². The van der Waals surface area contributed by atoms with Crippen molar-refractivity contribution in [1.82, 2.24) is 0 Å². The third kappa shape index (κ3) is 2.38. The van der Waals surface area contributed by atoms with Gasteiger partial charge in [0.1, 0.15) is 0 Å². The number of hydrogen-bond acceptors (Lipinski definition) is 0. The number of unbranched alkanes of at least 4 members (excludes halogenated alkanes) is 2. The van der Waals surface area contributed by atoms with E-state index in [1.807, 2.05) is 0 Å². The predicted molar refractivity (Wildman–Crippen MR) is 41.4 cm³/mol. The van der Waals surface area contributed by atoms with Crippen molar-refractivity contribution in [1.29, 1.82) is 0 Å². The van der Waals surface area contributed by atoms with Crippen molar-refractivity contribution in [2.75, 3.05) is 0 Å². The maximum absolute atomic E-state index is 2.37. The highest BCUT2D eigenvalue weighted by atomic mass is 14.4. The monoisotopic (exact) mass is 126 g/mol. The molecule has 0 aromatic carbocycles. The van der Waals surface area contributed by atoms with Crippen molar-refractivity contribution in [3.05, 3.63) is 0 Å². The van der Waals surface area contributed by atoms with Crippen molar-refractivity contribution in [2.45, 2.75) is 46.0 Å². The molecule has 0 heteroatoms. The fourth-order valence-corrected chi connectivity index (χ4v) is 1.46. The van der Waals surface area contributed by atoms with E-state index in [1.165, 1.54) is 32.1 Å². The van der Waals surface area contributed by atoms with Gasteiger partial charge in [-0.3, -0.25) is 0 Å². The molecule has 1 fully saturated rings. The van der Waals surface area contributed by atoms with Crippen LogP contribution in [0.1, 0.15) is 46.0 Å². The SMILES string of the molecule is CCCCC[C@@H]1C[C@H]1C. The third-order valence-corrected chi connectivity index (χ3v) is 2.45. The molecule has 0 unspecified atom stereocenters. The van der Waals surface area contributed by atoms with Crippen LogP contribution in [0.25, 0.3) is 0 Å². The summed E-state index contributed by atoms with van der Waals surface area (Å²) in [6.07, 6.45) is 7.33. The average Bonchev–Trinajstić information content (AvgIpc) is 2.48. The summed E-state index contributed by atoms with van der Waals surface area (Å²) in [7, 11) is 0. The van der Waals surface area contributed by atoms with E-state index in [0.717, 1.165) is 11.8 Å². The van der Waals surface area contributed by atoms with E-state index in [2.05, 4.69) is 13.8 Å². The van der Waals surface area contributed by atoms with E-state index >= 15 is 0 Å². The molecule has 0 saturated heterocycles. The lowest BCUT2D eigenvalue weighted by Gasteiger charge is -1.94. The summed E-state index contributed by atoms with van der Waals surface area (Å²) in [6.45, 7) is 4.65. The molecular formula is C9H18. The van der Waals surface area contributed by atoms with Crippen molar-refractivity contribution < 1.29 is 0 Å². The van der Waals surface area contributed by atoms with Crippen molar-refractivity contribution in [3.63, 3.8) is 0 Å². The normalized spacial score (nSPS) is 32.7. The molecular weight excluding hydrogens is 108 g/mol. The average molecular weight is 126 g/mol. The van der Waals surface area contributed by atoms with Crippen LogP contribution < -0.4 is 0 Å². The first-order valence-electron chi connectivity index (χ1n) is 4.34. The highest BCUT2D eigenvalue weighted by Crippen LogP contribution is 2.41. The molecule has 0 aromatic heterocycles. The quantitative estimate of drug-likeness (QED) is 0.507. The van der Waals surface area contributed by atoms with Gasteiger partial charge in [0.05, 0.1) is 0 Å². The van der Waals surface area contributed by atoms with Crippen LogP contribution >= 0.6 is 0 Å². The van der Waals surface area contributed by atoms with Crippen molar-refractivity contribution in [2.24, 2.45) is 11.8 Å². The summed E-state index contributed by atoms with van der Waals surface area (Å²) in [4.78, 5) is 0. The zero-order chi connectivity index (χ0) is 6.69. The Labute approximate surface area is 58.7 Å². The zero-order valence-electron chi connectivity index (χ0n) is 6.69. The fourth-order valence-electron chi connectivity index (χ4n) is 1.46. The lowest BCUT2D eigenvalue weighted by Crippen LogP contribution is -1.79. The molecule has 0 amide bonds. The Bertz CT molecular complexity index is 76.1. The Balaban J connectivity index is 1.83. The molecule has 1 saturated carbocycles. The predicted octanol–water partition coefficient (Wildman–Crippen LogP) is 3.22. The van der Waals surface area contributed by atoms with E-state index in [9.17, 15) is 0 Å². The van der Waals surface area contributed by atoms with Crippen LogP contribution in [0, 0.1) is 11.8 Å². The molecule has 0 heterocycles. The molecule has 1 rings (SSSR count). The van der Waals surface area contributed by atoms with Gasteiger partial charge in [0.25, 0.3) is 0 Å². The summed E-state index contributed by atoms with van der Waals surface area (Å²) in [6, 6.07) is 0. The Morgan fingerprint density at radius 1 is 1.33 bits per heavy atom. The van der Waals surface area contributed by atoms with E-state index in [4.69, 9.17) is 0 Å². The van der Waals surface area contributed by atoms with Gasteiger partial charge in [-0.05, 0) is 18.3 Å². The molecule has 0 spiro atoms. The number of hydrogen-bond donors (Lipinski definition) is 0. The second-order valence-corrected chi connectivity index (χ2v) is 3.47. The molecule has 0 aliphatic heterocycles. The Kier molecular flexibility index (Phi) is 2.56. The smallest absolute Gasteiger partial charge is 0.0386 e. The summed E-state index contributed by atoms with van der Waals surface area (Å²) < 4.78 is 0. The Hall–Kier alpha value is 0. The van der Waals surface area contributed by atoms with Gasteiger partial charge in [-0.1, -0.05) is 39.5 Å². The van der Waals surface area contributed by atoms with E-state index in [0.29, 0.717) is 0 Å². The highest BCUT2D eigenvalue weighted by Gasteiger charge is 2.30. The van der Waals surface area contributed by atoms with E-state index in [1.54, 1.807) is 0 Å². The molecule has 0 aromatic rings. The van der Waals surface area contributed by atoms with Gasteiger partial charge >= 0.3 is 0 Å². The number of rotatable bonds is 4. The molecule has 0 N–H and O–H groups in total. The maximum atomic E-state index is 2.37. The molecule has 9 heavy (non-hydrogen) atoms. The second-order valence-electron chi connectivity index (χ2n) is 3.47.